The van der Waals surface area contributed by atoms with Gasteiger partial charge in [-0.1, -0.05) is 13.2 Å². The highest BCUT2D eigenvalue weighted by atomic mass is 16.6. The molecule has 0 heterocycles. The van der Waals surface area contributed by atoms with Crippen molar-refractivity contribution in [3.8, 4) is 0 Å². The molecule has 0 aromatic rings. The lowest BCUT2D eigenvalue weighted by Gasteiger charge is -2.31. The first-order valence-corrected chi connectivity index (χ1v) is 9.15. The maximum absolute atomic E-state index is 11.4. The van der Waals surface area contributed by atoms with E-state index in [0.29, 0.717) is 11.1 Å². The van der Waals surface area contributed by atoms with Crippen LogP contribution in [0.15, 0.2) is 24.3 Å². The van der Waals surface area contributed by atoms with Crippen molar-refractivity contribution in [3.05, 3.63) is 24.3 Å². The van der Waals surface area contributed by atoms with Gasteiger partial charge in [0.15, 0.2) is 0 Å². The van der Waals surface area contributed by atoms with E-state index in [9.17, 15) is 9.59 Å². The molecular weight excluding hydrogens is 336 g/mol. The number of rotatable bonds is 10. The second kappa shape index (κ2) is 11.1. The molecule has 0 bridgehead atoms. The predicted molar refractivity (Wildman–Crippen MR) is 98.7 cm³/mol. The molecule has 6 nitrogen and oxygen atoms in total. The Morgan fingerprint density at radius 1 is 0.808 bits per heavy atom. The number of hydrogen-bond acceptors (Lipinski definition) is 6. The molecule has 0 amide bonds. The van der Waals surface area contributed by atoms with Crippen molar-refractivity contribution in [1.29, 1.82) is 0 Å². The van der Waals surface area contributed by atoms with E-state index in [1.807, 2.05) is 13.8 Å². The highest BCUT2D eigenvalue weighted by Gasteiger charge is 2.25. The summed E-state index contributed by atoms with van der Waals surface area (Å²) < 4.78 is 22.1. The number of ether oxygens (including phenoxy) is 4. The van der Waals surface area contributed by atoms with Gasteiger partial charge in [-0.2, -0.15) is 0 Å². The lowest BCUT2D eigenvalue weighted by molar-refractivity contribution is -0.148. The lowest BCUT2D eigenvalue weighted by Crippen LogP contribution is -2.33. The first kappa shape index (κ1) is 22.4. The minimum absolute atomic E-state index is 0.143. The summed E-state index contributed by atoms with van der Waals surface area (Å²) in [5, 5.41) is 0. The van der Waals surface area contributed by atoms with Crippen LogP contribution in [0.2, 0.25) is 0 Å². The fourth-order valence-corrected chi connectivity index (χ4v) is 2.67. The SMILES string of the molecule is C=C(C)C(=O)OCC(C)OC1CCC(OC(C)COC(=O)C(=C)C)CC1. The van der Waals surface area contributed by atoms with Gasteiger partial charge in [0, 0.05) is 11.1 Å². The third kappa shape index (κ3) is 8.63. The molecule has 1 fully saturated rings. The van der Waals surface area contributed by atoms with Crippen molar-refractivity contribution in [2.45, 2.75) is 77.8 Å². The van der Waals surface area contributed by atoms with Crippen molar-refractivity contribution in [2.24, 2.45) is 0 Å². The second-order valence-corrected chi connectivity index (χ2v) is 7.05. The van der Waals surface area contributed by atoms with Crippen LogP contribution in [-0.2, 0) is 28.5 Å². The van der Waals surface area contributed by atoms with Crippen LogP contribution in [0.3, 0.4) is 0 Å². The van der Waals surface area contributed by atoms with Gasteiger partial charge in [0.05, 0.1) is 24.4 Å². The van der Waals surface area contributed by atoms with E-state index in [4.69, 9.17) is 18.9 Å². The van der Waals surface area contributed by atoms with Gasteiger partial charge >= 0.3 is 11.9 Å². The summed E-state index contributed by atoms with van der Waals surface area (Å²) >= 11 is 0. The van der Waals surface area contributed by atoms with Crippen LogP contribution in [0.25, 0.3) is 0 Å². The molecule has 148 valence electrons. The molecule has 2 atom stereocenters. The Hall–Kier alpha value is -1.66. The number of esters is 2. The molecule has 0 spiro atoms. The third-order valence-corrected chi connectivity index (χ3v) is 4.07. The average Bonchev–Trinajstić information content (AvgIpc) is 2.59. The van der Waals surface area contributed by atoms with Crippen LogP contribution < -0.4 is 0 Å². The smallest absolute Gasteiger partial charge is 0.333 e. The largest absolute Gasteiger partial charge is 0.460 e. The zero-order valence-electron chi connectivity index (χ0n) is 16.4. The van der Waals surface area contributed by atoms with E-state index < -0.39 is 0 Å². The standard InChI is InChI=1S/C20H32O6/c1-13(2)19(21)23-11-15(5)25-17-7-9-18(10-8-17)26-16(6)12-24-20(22)14(3)4/h15-18H,1,3,7-12H2,2,4-6H3. The van der Waals surface area contributed by atoms with Crippen LogP contribution in [0.4, 0.5) is 0 Å². The first-order chi connectivity index (χ1) is 12.2. The highest BCUT2D eigenvalue weighted by Crippen LogP contribution is 2.25. The molecule has 0 aromatic carbocycles. The first-order valence-electron chi connectivity index (χ1n) is 9.15. The van der Waals surface area contributed by atoms with Crippen LogP contribution in [0.5, 0.6) is 0 Å². The Morgan fingerprint density at radius 2 is 1.12 bits per heavy atom. The summed E-state index contributed by atoms with van der Waals surface area (Å²) in [5.74, 6) is -0.780. The van der Waals surface area contributed by atoms with Crippen molar-refractivity contribution < 1.29 is 28.5 Å². The van der Waals surface area contributed by atoms with Gasteiger partial charge in [0.25, 0.3) is 0 Å². The summed E-state index contributed by atoms with van der Waals surface area (Å²) in [6.45, 7) is 14.6. The Labute approximate surface area is 156 Å². The Bertz CT molecular complexity index is 458. The summed E-state index contributed by atoms with van der Waals surface area (Å²) in [7, 11) is 0. The van der Waals surface area contributed by atoms with Gasteiger partial charge < -0.3 is 18.9 Å². The quantitative estimate of drug-likeness (QED) is 0.435. The number of carbonyl (C=O) groups excluding carboxylic acids is 2. The lowest BCUT2D eigenvalue weighted by atomic mass is 9.94. The fourth-order valence-electron chi connectivity index (χ4n) is 2.67. The zero-order valence-corrected chi connectivity index (χ0v) is 16.4. The molecule has 0 N–H and O–H groups in total. The van der Waals surface area contributed by atoms with Gasteiger partial charge in [0.2, 0.25) is 0 Å². The fraction of sp³-hybridized carbons (Fsp3) is 0.700. The highest BCUT2D eigenvalue weighted by molar-refractivity contribution is 5.87. The van der Waals surface area contributed by atoms with E-state index in [1.165, 1.54) is 0 Å². The van der Waals surface area contributed by atoms with Crippen LogP contribution >= 0.6 is 0 Å². The van der Waals surface area contributed by atoms with Crippen molar-refractivity contribution in [1.82, 2.24) is 0 Å². The van der Waals surface area contributed by atoms with E-state index >= 15 is 0 Å². The topological polar surface area (TPSA) is 71.1 Å². The summed E-state index contributed by atoms with van der Waals surface area (Å²) in [4.78, 5) is 22.8. The normalized spacial score (nSPS) is 22.2. The van der Waals surface area contributed by atoms with Crippen molar-refractivity contribution in [3.63, 3.8) is 0 Å². The summed E-state index contributed by atoms with van der Waals surface area (Å²) in [5.41, 5.74) is 0.774. The Kier molecular flexibility index (Phi) is 9.59. The molecule has 0 aliphatic heterocycles. The predicted octanol–water partition coefficient (Wildman–Crippen LogP) is 3.35. The Morgan fingerprint density at radius 3 is 1.38 bits per heavy atom. The molecule has 1 rings (SSSR count). The molecule has 0 aromatic heterocycles. The van der Waals surface area contributed by atoms with Crippen LogP contribution in [0, 0.1) is 0 Å². The van der Waals surface area contributed by atoms with E-state index in [-0.39, 0.29) is 49.6 Å². The van der Waals surface area contributed by atoms with Gasteiger partial charge in [-0.15, -0.1) is 0 Å². The Balaban J connectivity index is 2.21. The second-order valence-electron chi connectivity index (χ2n) is 7.05. The monoisotopic (exact) mass is 368 g/mol. The molecule has 26 heavy (non-hydrogen) atoms. The molecular formula is C20H32O6. The third-order valence-electron chi connectivity index (χ3n) is 4.07. The minimum atomic E-state index is -0.390. The van der Waals surface area contributed by atoms with E-state index in [0.717, 1.165) is 25.7 Å². The van der Waals surface area contributed by atoms with E-state index in [1.54, 1.807) is 13.8 Å². The maximum atomic E-state index is 11.4. The zero-order chi connectivity index (χ0) is 19.7. The van der Waals surface area contributed by atoms with Gasteiger partial charge in [0.1, 0.15) is 13.2 Å². The molecule has 6 heteroatoms. The van der Waals surface area contributed by atoms with Gasteiger partial charge in [-0.05, 0) is 53.4 Å². The molecule has 1 aliphatic carbocycles. The maximum Gasteiger partial charge on any atom is 0.333 e. The van der Waals surface area contributed by atoms with Gasteiger partial charge in [-0.3, -0.25) is 0 Å². The summed E-state index contributed by atoms with van der Waals surface area (Å²) in [6.07, 6.45) is 3.55. The van der Waals surface area contributed by atoms with Crippen LogP contribution in [-0.4, -0.2) is 49.6 Å². The molecule has 0 radical (unpaired) electrons. The average molecular weight is 368 g/mol. The molecule has 1 saturated carbocycles. The number of hydrogen-bond donors (Lipinski definition) is 0. The molecule has 0 saturated heterocycles. The van der Waals surface area contributed by atoms with Crippen molar-refractivity contribution >= 4 is 11.9 Å². The van der Waals surface area contributed by atoms with Crippen molar-refractivity contribution in [2.75, 3.05) is 13.2 Å². The van der Waals surface area contributed by atoms with Crippen LogP contribution in [0.1, 0.15) is 53.4 Å². The molecule has 2 unspecified atom stereocenters. The molecule has 1 aliphatic rings. The van der Waals surface area contributed by atoms with Gasteiger partial charge in [-0.25, -0.2) is 9.59 Å². The summed E-state index contributed by atoms with van der Waals surface area (Å²) in [6, 6.07) is 0. The number of carbonyl (C=O) groups is 2. The minimum Gasteiger partial charge on any atom is -0.460 e. The van der Waals surface area contributed by atoms with E-state index in [2.05, 4.69) is 13.2 Å².